The third kappa shape index (κ3) is 6.08. The number of carbonyl (C=O) groups excluding carboxylic acids is 2. The van der Waals surface area contributed by atoms with E-state index in [-0.39, 0.29) is 24.2 Å². The first kappa shape index (κ1) is 18.1. The van der Waals surface area contributed by atoms with Gasteiger partial charge in [0, 0.05) is 11.4 Å². The van der Waals surface area contributed by atoms with Crippen LogP contribution >= 0.6 is 11.8 Å². The van der Waals surface area contributed by atoms with E-state index in [4.69, 9.17) is 4.74 Å². The number of esters is 1. The van der Waals surface area contributed by atoms with Crippen molar-refractivity contribution < 1.29 is 14.3 Å². The van der Waals surface area contributed by atoms with E-state index in [0.717, 1.165) is 22.6 Å². The third-order valence-electron chi connectivity index (χ3n) is 3.39. The van der Waals surface area contributed by atoms with E-state index in [0.29, 0.717) is 0 Å². The van der Waals surface area contributed by atoms with Crippen LogP contribution in [0.1, 0.15) is 16.7 Å². The number of nitrogens with one attached hydrogen (secondary N) is 1. The topological polar surface area (TPSA) is 55.4 Å². The van der Waals surface area contributed by atoms with Gasteiger partial charge in [0.1, 0.15) is 0 Å². The molecule has 0 saturated heterocycles. The predicted molar refractivity (Wildman–Crippen MR) is 98.1 cm³/mol. The highest BCUT2D eigenvalue weighted by Gasteiger charge is 2.09. The van der Waals surface area contributed by atoms with Crippen molar-refractivity contribution in [3.8, 4) is 0 Å². The molecule has 0 heterocycles. The Labute approximate surface area is 146 Å². The van der Waals surface area contributed by atoms with E-state index in [1.54, 1.807) is 0 Å². The number of hydrogen-bond acceptors (Lipinski definition) is 4. The van der Waals surface area contributed by atoms with Crippen LogP contribution in [-0.2, 0) is 20.1 Å². The van der Waals surface area contributed by atoms with Crippen molar-refractivity contribution in [1.29, 1.82) is 0 Å². The molecule has 4 nitrogen and oxygen atoms in total. The van der Waals surface area contributed by atoms with Gasteiger partial charge in [0.15, 0.2) is 6.61 Å². The molecule has 126 valence electrons. The van der Waals surface area contributed by atoms with Crippen molar-refractivity contribution in [2.45, 2.75) is 19.6 Å². The zero-order valence-corrected chi connectivity index (χ0v) is 14.7. The quantitative estimate of drug-likeness (QED) is 0.779. The summed E-state index contributed by atoms with van der Waals surface area (Å²) in [5, 5.41) is 2.73. The Balaban J connectivity index is 1.66. The average molecular weight is 343 g/mol. The molecule has 0 radical (unpaired) electrons. The standard InChI is InChI=1S/C19H21NO3S/c1-14-7-9-16(10-8-14)12-24-13-19(22)23-11-18(21)20-17-6-4-3-5-15(17)2/h3-10H,11-13H2,1-2H3,(H,20,21). The summed E-state index contributed by atoms with van der Waals surface area (Å²) in [4.78, 5) is 23.5. The summed E-state index contributed by atoms with van der Waals surface area (Å²) in [5.41, 5.74) is 4.07. The molecular weight excluding hydrogens is 322 g/mol. The summed E-state index contributed by atoms with van der Waals surface area (Å²) < 4.78 is 5.00. The summed E-state index contributed by atoms with van der Waals surface area (Å²) in [7, 11) is 0. The van der Waals surface area contributed by atoms with Crippen LogP contribution in [0.4, 0.5) is 5.69 Å². The maximum Gasteiger partial charge on any atom is 0.316 e. The fourth-order valence-electron chi connectivity index (χ4n) is 2.02. The smallest absolute Gasteiger partial charge is 0.316 e. The number of anilines is 1. The molecule has 1 N–H and O–H groups in total. The number of benzene rings is 2. The van der Waals surface area contributed by atoms with Crippen molar-refractivity contribution in [1.82, 2.24) is 0 Å². The maximum atomic E-state index is 11.8. The molecular formula is C19H21NO3S. The Morgan fingerprint density at radius 1 is 1.04 bits per heavy atom. The molecule has 1 amide bonds. The minimum atomic E-state index is -0.382. The van der Waals surface area contributed by atoms with Gasteiger partial charge in [-0.05, 0) is 31.0 Å². The Hall–Kier alpha value is -2.27. The van der Waals surface area contributed by atoms with Crippen molar-refractivity contribution >= 4 is 29.3 Å². The van der Waals surface area contributed by atoms with Crippen LogP contribution in [0.25, 0.3) is 0 Å². The van der Waals surface area contributed by atoms with Crippen molar-refractivity contribution in [2.75, 3.05) is 17.7 Å². The molecule has 0 aliphatic heterocycles. The third-order valence-corrected chi connectivity index (χ3v) is 4.37. The van der Waals surface area contributed by atoms with Crippen molar-refractivity contribution in [3.63, 3.8) is 0 Å². The molecule has 2 aromatic rings. The Bertz CT molecular complexity index is 698. The largest absolute Gasteiger partial charge is 0.455 e. The highest BCUT2D eigenvalue weighted by molar-refractivity contribution is 7.99. The summed E-state index contributed by atoms with van der Waals surface area (Å²) in [6, 6.07) is 15.6. The molecule has 2 rings (SSSR count). The van der Waals surface area contributed by atoms with Crippen LogP contribution in [0.5, 0.6) is 0 Å². The first-order valence-electron chi connectivity index (χ1n) is 7.69. The van der Waals surface area contributed by atoms with Crippen molar-refractivity contribution in [3.05, 3.63) is 65.2 Å². The molecule has 0 saturated carbocycles. The van der Waals surface area contributed by atoms with E-state index in [2.05, 4.69) is 5.32 Å². The molecule has 0 atom stereocenters. The maximum absolute atomic E-state index is 11.8. The molecule has 0 aromatic heterocycles. The summed E-state index contributed by atoms with van der Waals surface area (Å²) >= 11 is 1.47. The molecule has 0 spiro atoms. The number of hydrogen-bond donors (Lipinski definition) is 1. The number of ether oxygens (including phenoxy) is 1. The first-order valence-corrected chi connectivity index (χ1v) is 8.84. The van der Waals surface area contributed by atoms with Gasteiger partial charge in [-0.25, -0.2) is 0 Å². The average Bonchev–Trinajstić information content (AvgIpc) is 2.57. The SMILES string of the molecule is Cc1ccc(CSCC(=O)OCC(=O)Nc2ccccc2C)cc1. The molecule has 0 unspecified atom stereocenters. The second-order valence-corrected chi connectivity index (χ2v) is 6.49. The number of rotatable bonds is 7. The van der Waals surface area contributed by atoms with Gasteiger partial charge in [0.05, 0.1) is 5.75 Å². The summed E-state index contributed by atoms with van der Waals surface area (Å²) in [6.07, 6.45) is 0. The normalized spacial score (nSPS) is 10.2. The fraction of sp³-hybridized carbons (Fsp3) is 0.263. The first-order chi connectivity index (χ1) is 11.5. The monoisotopic (exact) mass is 343 g/mol. The summed E-state index contributed by atoms with van der Waals surface area (Å²) in [6.45, 7) is 3.68. The Kier molecular flexibility index (Phi) is 6.88. The van der Waals surface area contributed by atoms with Crippen molar-refractivity contribution in [2.24, 2.45) is 0 Å². The number of carbonyl (C=O) groups is 2. The lowest BCUT2D eigenvalue weighted by molar-refractivity contribution is -0.144. The minimum absolute atomic E-state index is 0.228. The van der Waals surface area contributed by atoms with E-state index in [1.807, 2.05) is 62.4 Å². The number of thioether (sulfide) groups is 1. The molecule has 0 aliphatic rings. The number of amides is 1. The fourth-order valence-corrected chi connectivity index (χ4v) is 2.80. The lowest BCUT2D eigenvalue weighted by Crippen LogP contribution is -2.22. The molecule has 0 bridgehead atoms. The van der Waals surface area contributed by atoms with Gasteiger partial charge in [0.25, 0.3) is 5.91 Å². The predicted octanol–water partition coefficient (Wildman–Crippen LogP) is 3.72. The van der Waals surface area contributed by atoms with Crippen LogP contribution < -0.4 is 5.32 Å². The van der Waals surface area contributed by atoms with Crippen LogP contribution in [0.3, 0.4) is 0 Å². The zero-order chi connectivity index (χ0) is 17.4. The van der Waals surface area contributed by atoms with Gasteiger partial charge in [-0.2, -0.15) is 0 Å². The van der Waals surface area contributed by atoms with Gasteiger partial charge in [-0.15, -0.1) is 11.8 Å². The Morgan fingerprint density at radius 3 is 2.46 bits per heavy atom. The second-order valence-electron chi connectivity index (χ2n) is 5.50. The van der Waals surface area contributed by atoms with Gasteiger partial charge in [0.2, 0.25) is 0 Å². The lowest BCUT2D eigenvalue weighted by Gasteiger charge is -2.08. The molecule has 5 heteroatoms. The highest BCUT2D eigenvalue weighted by Crippen LogP contribution is 2.14. The minimum Gasteiger partial charge on any atom is -0.455 e. The van der Waals surface area contributed by atoms with E-state index >= 15 is 0 Å². The van der Waals surface area contributed by atoms with E-state index in [9.17, 15) is 9.59 Å². The van der Waals surface area contributed by atoms with Crippen LogP contribution in [0, 0.1) is 13.8 Å². The number of aryl methyl sites for hydroxylation is 2. The van der Waals surface area contributed by atoms with Crippen LogP contribution in [0.15, 0.2) is 48.5 Å². The van der Waals surface area contributed by atoms with E-state index < -0.39 is 0 Å². The van der Waals surface area contributed by atoms with Gasteiger partial charge in [-0.1, -0.05) is 48.0 Å². The molecule has 24 heavy (non-hydrogen) atoms. The Morgan fingerprint density at radius 2 is 1.75 bits per heavy atom. The van der Waals surface area contributed by atoms with E-state index in [1.165, 1.54) is 17.3 Å². The summed E-state index contributed by atoms with van der Waals surface area (Å²) in [5.74, 6) is 0.254. The zero-order valence-electron chi connectivity index (χ0n) is 13.9. The molecule has 2 aromatic carbocycles. The highest BCUT2D eigenvalue weighted by atomic mass is 32.2. The number of para-hydroxylation sites is 1. The van der Waals surface area contributed by atoms with Crippen LogP contribution in [0.2, 0.25) is 0 Å². The van der Waals surface area contributed by atoms with Crippen LogP contribution in [-0.4, -0.2) is 24.2 Å². The van der Waals surface area contributed by atoms with Gasteiger partial charge in [-0.3, -0.25) is 9.59 Å². The second kappa shape index (κ2) is 9.13. The van der Waals surface area contributed by atoms with Gasteiger partial charge < -0.3 is 10.1 Å². The lowest BCUT2D eigenvalue weighted by atomic mass is 10.2. The molecule has 0 aliphatic carbocycles. The molecule has 0 fully saturated rings. The van der Waals surface area contributed by atoms with Gasteiger partial charge >= 0.3 is 5.97 Å².